The highest BCUT2D eigenvalue weighted by Crippen LogP contribution is 2.24. The number of phenolic OH excluding ortho intramolecular Hbond substituents is 1. The lowest BCUT2D eigenvalue weighted by atomic mass is 10.3. The van der Waals surface area contributed by atoms with Crippen molar-refractivity contribution in [3.8, 4) is 11.5 Å². The van der Waals surface area contributed by atoms with E-state index in [9.17, 15) is 5.11 Å². The summed E-state index contributed by atoms with van der Waals surface area (Å²) in [5.74, 6) is 0.803. The van der Waals surface area contributed by atoms with Gasteiger partial charge in [0.05, 0.1) is 6.61 Å². The number of benzene rings is 1. The maximum atomic E-state index is 9.34. The zero-order valence-electron chi connectivity index (χ0n) is 12.1. The second kappa shape index (κ2) is 12.3. The average Bonchev–Trinajstić information content (AvgIpc) is 2.38. The van der Waals surface area contributed by atoms with Crippen molar-refractivity contribution in [3.63, 3.8) is 0 Å². The van der Waals surface area contributed by atoms with Gasteiger partial charge in [-0.05, 0) is 18.6 Å². The Labute approximate surface area is 112 Å². The number of para-hydroxylation sites is 2. The molecule has 0 aliphatic rings. The highest BCUT2D eigenvalue weighted by atomic mass is 16.5. The molecule has 18 heavy (non-hydrogen) atoms. The fourth-order valence-corrected chi connectivity index (χ4v) is 1.47. The number of hydrogen-bond donors (Lipinski definition) is 1. The van der Waals surface area contributed by atoms with E-state index in [0.29, 0.717) is 12.4 Å². The summed E-state index contributed by atoms with van der Waals surface area (Å²) in [7, 11) is 0. The number of ether oxygens (including phenoxy) is 1. The van der Waals surface area contributed by atoms with E-state index in [2.05, 4.69) is 20.8 Å². The maximum absolute atomic E-state index is 9.34. The van der Waals surface area contributed by atoms with Gasteiger partial charge in [0, 0.05) is 0 Å². The monoisotopic (exact) mass is 252 g/mol. The Hall–Kier alpha value is -1.18. The molecule has 0 fully saturated rings. The SMILES string of the molecule is CCCCC.CCCCCOc1ccccc1O. The average molecular weight is 252 g/mol. The minimum atomic E-state index is 0.221. The molecule has 0 amide bonds. The molecule has 0 saturated heterocycles. The van der Waals surface area contributed by atoms with Crippen LogP contribution in [-0.4, -0.2) is 11.7 Å². The molecule has 0 aromatic heterocycles. The Morgan fingerprint density at radius 1 is 0.889 bits per heavy atom. The van der Waals surface area contributed by atoms with Crippen molar-refractivity contribution in [2.75, 3.05) is 6.61 Å². The summed E-state index contributed by atoms with van der Waals surface area (Å²) in [6.07, 6.45) is 7.48. The smallest absolute Gasteiger partial charge is 0.160 e. The molecular weight excluding hydrogens is 224 g/mol. The van der Waals surface area contributed by atoms with Crippen molar-refractivity contribution in [1.29, 1.82) is 0 Å². The van der Waals surface area contributed by atoms with E-state index in [1.807, 2.05) is 6.07 Å². The van der Waals surface area contributed by atoms with Crippen molar-refractivity contribution in [2.45, 2.75) is 59.3 Å². The summed E-state index contributed by atoms with van der Waals surface area (Å²) in [5, 5.41) is 9.34. The number of aromatic hydroxyl groups is 1. The fourth-order valence-electron chi connectivity index (χ4n) is 1.47. The van der Waals surface area contributed by atoms with Gasteiger partial charge in [-0.15, -0.1) is 0 Å². The van der Waals surface area contributed by atoms with Gasteiger partial charge in [-0.2, -0.15) is 0 Å². The largest absolute Gasteiger partial charge is 0.504 e. The predicted molar refractivity (Wildman–Crippen MR) is 78.3 cm³/mol. The van der Waals surface area contributed by atoms with Crippen molar-refractivity contribution in [2.24, 2.45) is 0 Å². The van der Waals surface area contributed by atoms with Gasteiger partial charge in [0.15, 0.2) is 11.5 Å². The molecule has 0 spiro atoms. The summed E-state index contributed by atoms with van der Waals surface area (Å²) in [6.45, 7) is 7.26. The van der Waals surface area contributed by atoms with Gasteiger partial charge < -0.3 is 9.84 Å². The van der Waals surface area contributed by atoms with Crippen molar-refractivity contribution < 1.29 is 9.84 Å². The lowest BCUT2D eigenvalue weighted by Gasteiger charge is -2.06. The summed E-state index contributed by atoms with van der Waals surface area (Å²) in [4.78, 5) is 0. The second-order valence-electron chi connectivity index (χ2n) is 4.38. The highest BCUT2D eigenvalue weighted by molar-refractivity contribution is 5.37. The minimum absolute atomic E-state index is 0.221. The van der Waals surface area contributed by atoms with Gasteiger partial charge in [-0.25, -0.2) is 0 Å². The van der Waals surface area contributed by atoms with Crippen LogP contribution in [0.25, 0.3) is 0 Å². The molecule has 0 aliphatic carbocycles. The molecule has 1 N–H and O–H groups in total. The van der Waals surface area contributed by atoms with E-state index in [1.54, 1.807) is 18.2 Å². The minimum Gasteiger partial charge on any atom is -0.504 e. The number of hydrogen-bond acceptors (Lipinski definition) is 2. The summed E-state index contributed by atoms with van der Waals surface area (Å²) in [6, 6.07) is 7.06. The van der Waals surface area contributed by atoms with Gasteiger partial charge >= 0.3 is 0 Å². The van der Waals surface area contributed by atoms with Crippen LogP contribution >= 0.6 is 0 Å². The van der Waals surface area contributed by atoms with Crippen molar-refractivity contribution in [1.82, 2.24) is 0 Å². The molecule has 0 heterocycles. The molecule has 2 heteroatoms. The van der Waals surface area contributed by atoms with Crippen LogP contribution in [0.2, 0.25) is 0 Å². The first-order chi connectivity index (χ1) is 8.76. The summed E-state index contributed by atoms with van der Waals surface area (Å²) < 4.78 is 5.39. The quantitative estimate of drug-likeness (QED) is 0.679. The molecule has 2 nitrogen and oxygen atoms in total. The molecule has 0 aliphatic heterocycles. The molecular formula is C16H28O2. The van der Waals surface area contributed by atoms with Gasteiger partial charge in [0.25, 0.3) is 0 Å². The van der Waals surface area contributed by atoms with Crippen LogP contribution in [-0.2, 0) is 0 Å². The van der Waals surface area contributed by atoms with Gasteiger partial charge in [0.1, 0.15) is 0 Å². The second-order valence-corrected chi connectivity index (χ2v) is 4.38. The normalized spacial score (nSPS) is 9.50. The summed E-state index contributed by atoms with van der Waals surface area (Å²) in [5.41, 5.74) is 0. The topological polar surface area (TPSA) is 29.5 Å². The molecule has 0 bridgehead atoms. The molecule has 0 saturated carbocycles. The van der Waals surface area contributed by atoms with E-state index in [0.717, 1.165) is 6.42 Å². The Morgan fingerprint density at radius 3 is 2.00 bits per heavy atom. The number of unbranched alkanes of at least 4 members (excludes halogenated alkanes) is 4. The highest BCUT2D eigenvalue weighted by Gasteiger charge is 1.98. The molecule has 0 radical (unpaired) electrons. The maximum Gasteiger partial charge on any atom is 0.160 e. The zero-order chi connectivity index (χ0) is 13.6. The third-order valence-corrected chi connectivity index (χ3v) is 2.58. The molecule has 104 valence electrons. The van der Waals surface area contributed by atoms with Crippen molar-refractivity contribution >= 4 is 0 Å². The van der Waals surface area contributed by atoms with Crippen LogP contribution < -0.4 is 4.74 Å². The number of rotatable bonds is 7. The first-order valence-corrected chi connectivity index (χ1v) is 7.17. The Kier molecular flexibility index (Phi) is 11.5. The van der Waals surface area contributed by atoms with E-state index in [-0.39, 0.29) is 5.75 Å². The molecule has 1 aromatic carbocycles. The lowest BCUT2D eigenvalue weighted by Crippen LogP contribution is -1.96. The van der Waals surface area contributed by atoms with Gasteiger partial charge in [-0.1, -0.05) is 65.0 Å². The van der Waals surface area contributed by atoms with E-state index in [4.69, 9.17) is 4.74 Å². The Morgan fingerprint density at radius 2 is 1.50 bits per heavy atom. The van der Waals surface area contributed by atoms with Crippen LogP contribution in [0.4, 0.5) is 0 Å². The van der Waals surface area contributed by atoms with E-state index in [1.165, 1.54) is 32.1 Å². The van der Waals surface area contributed by atoms with Gasteiger partial charge in [0.2, 0.25) is 0 Å². The zero-order valence-corrected chi connectivity index (χ0v) is 12.1. The van der Waals surface area contributed by atoms with Crippen LogP contribution in [0.15, 0.2) is 24.3 Å². The van der Waals surface area contributed by atoms with Gasteiger partial charge in [-0.3, -0.25) is 0 Å². The standard InChI is InChI=1S/C11H16O2.C5H12/c1-2-3-6-9-13-11-8-5-4-7-10(11)12;1-3-5-4-2/h4-5,7-8,12H,2-3,6,9H2,1H3;3-5H2,1-2H3. The third-order valence-electron chi connectivity index (χ3n) is 2.58. The fraction of sp³-hybridized carbons (Fsp3) is 0.625. The van der Waals surface area contributed by atoms with Crippen LogP contribution in [0, 0.1) is 0 Å². The lowest BCUT2D eigenvalue weighted by molar-refractivity contribution is 0.290. The Balaban J connectivity index is 0.000000494. The van der Waals surface area contributed by atoms with Crippen LogP contribution in [0.1, 0.15) is 59.3 Å². The molecule has 0 unspecified atom stereocenters. The van der Waals surface area contributed by atoms with Crippen LogP contribution in [0.5, 0.6) is 11.5 Å². The third kappa shape index (κ3) is 8.91. The molecule has 1 rings (SSSR count). The molecule has 1 aromatic rings. The van der Waals surface area contributed by atoms with Crippen LogP contribution in [0.3, 0.4) is 0 Å². The van der Waals surface area contributed by atoms with E-state index < -0.39 is 0 Å². The Bertz CT molecular complexity index is 282. The predicted octanol–water partition coefficient (Wildman–Crippen LogP) is 5.16. The van der Waals surface area contributed by atoms with Crippen molar-refractivity contribution in [3.05, 3.63) is 24.3 Å². The van der Waals surface area contributed by atoms with E-state index >= 15 is 0 Å². The number of phenols is 1. The molecule has 0 atom stereocenters. The summed E-state index contributed by atoms with van der Waals surface area (Å²) >= 11 is 0. The first-order valence-electron chi connectivity index (χ1n) is 7.17. The first kappa shape index (κ1) is 16.8.